The van der Waals surface area contributed by atoms with Crippen molar-refractivity contribution in [3.05, 3.63) is 144 Å². The second-order valence-electron chi connectivity index (χ2n) is 12.1. The Balaban J connectivity index is 1.23. The summed E-state index contributed by atoms with van der Waals surface area (Å²) < 4.78 is 0. The first-order chi connectivity index (χ1) is 20.6. The molecule has 9 rings (SSSR count). The van der Waals surface area contributed by atoms with Gasteiger partial charge in [0.25, 0.3) is 0 Å². The smallest absolute Gasteiger partial charge is 0.0610 e. The van der Waals surface area contributed by atoms with Gasteiger partial charge in [0.1, 0.15) is 0 Å². The van der Waals surface area contributed by atoms with Crippen molar-refractivity contribution in [2.24, 2.45) is 0 Å². The molecule has 1 nitrogen and oxygen atoms in total. The van der Waals surface area contributed by atoms with Gasteiger partial charge in [0.2, 0.25) is 0 Å². The van der Waals surface area contributed by atoms with E-state index in [0.29, 0.717) is 0 Å². The highest BCUT2D eigenvalue weighted by Crippen LogP contribution is 2.56. The van der Waals surface area contributed by atoms with Crippen LogP contribution in [0.4, 0.5) is 17.1 Å². The lowest BCUT2D eigenvalue weighted by atomic mass is 9.81. The molecule has 3 aliphatic rings. The van der Waals surface area contributed by atoms with Crippen molar-refractivity contribution >= 4 is 45.7 Å². The Morgan fingerprint density at radius 1 is 0.667 bits per heavy atom. The molecule has 0 bridgehead atoms. The van der Waals surface area contributed by atoms with Crippen molar-refractivity contribution in [3.63, 3.8) is 0 Å². The van der Waals surface area contributed by atoms with Crippen LogP contribution in [0.25, 0.3) is 39.1 Å². The fourth-order valence-corrected chi connectivity index (χ4v) is 8.57. The summed E-state index contributed by atoms with van der Waals surface area (Å²) in [5, 5.41) is 2.72. The fourth-order valence-electron chi connectivity index (χ4n) is 7.39. The Morgan fingerprint density at radius 3 is 2.36 bits per heavy atom. The van der Waals surface area contributed by atoms with Crippen molar-refractivity contribution in [1.82, 2.24) is 0 Å². The van der Waals surface area contributed by atoms with Gasteiger partial charge in [-0.1, -0.05) is 117 Å². The molecule has 0 N–H and O–H groups in total. The zero-order valence-corrected chi connectivity index (χ0v) is 24.5. The molecule has 200 valence electrons. The summed E-state index contributed by atoms with van der Waals surface area (Å²) in [7, 11) is 0. The SMILES string of the molecule is CC1(C)c2ccccc2-c2ccc(-c3ccc4c(c3)N(c3ccccc3)c3cc5cccc6c5c(c3S4)CC=C6)cc21. The summed E-state index contributed by atoms with van der Waals surface area (Å²) in [5.74, 6) is 0. The summed E-state index contributed by atoms with van der Waals surface area (Å²) in [6, 6.07) is 43.0. The van der Waals surface area contributed by atoms with Crippen LogP contribution in [0.1, 0.15) is 36.1 Å². The van der Waals surface area contributed by atoms with Crippen molar-refractivity contribution in [3.8, 4) is 22.3 Å². The summed E-state index contributed by atoms with van der Waals surface area (Å²) in [6.07, 6.45) is 5.56. The molecule has 0 unspecified atom stereocenters. The average molecular weight is 556 g/mol. The first-order valence-electron chi connectivity index (χ1n) is 14.7. The van der Waals surface area contributed by atoms with E-state index >= 15 is 0 Å². The van der Waals surface area contributed by atoms with Gasteiger partial charge in [0, 0.05) is 20.9 Å². The highest BCUT2D eigenvalue weighted by Gasteiger charge is 2.35. The maximum Gasteiger partial charge on any atom is 0.0610 e. The van der Waals surface area contributed by atoms with E-state index in [-0.39, 0.29) is 5.41 Å². The molecule has 6 aromatic carbocycles. The van der Waals surface area contributed by atoms with Crippen molar-refractivity contribution in [1.29, 1.82) is 0 Å². The van der Waals surface area contributed by atoms with Gasteiger partial charge in [-0.05, 0) is 98.1 Å². The van der Waals surface area contributed by atoms with E-state index in [9.17, 15) is 0 Å². The summed E-state index contributed by atoms with van der Waals surface area (Å²) >= 11 is 1.93. The molecule has 0 radical (unpaired) electrons. The van der Waals surface area contributed by atoms with Crippen LogP contribution < -0.4 is 4.90 Å². The number of anilines is 3. The predicted molar refractivity (Wildman–Crippen MR) is 178 cm³/mol. The zero-order chi connectivity index (χ0) is 28.0. The molecule has 0 amide bonds. The molecule has 6 aromatic rings. The first kappa shape index (κ1) is 24.1. The van der Waals surface area contributed by atoms with E-state index in [1.165, 1.54) is 82.1 Å². The Labute approximate surface area is 251 Å². The van der Waals surface area contributed by atoms with Crippen LogP contribution in [-0.2, 0) is 11.8 Å². The van der Waals surface area contributed by atoms with Gasteiger partial charge in [-0.15, -0.1) is 0 Å². The molecular weight excluding hydrogens is 527 g/mol. The van der Waals surface area contributed by atoms with Gasteiger partial charge in [0.05, 0.1) is 11.4 Å². The van der Waals surface area contributed by atoms with Crippen LogP contribution in [0.2, 0.25) is 0 Å². The van der Waals surface area contributed by atoms with Crippen molar-refractivity contribution in [2.45, 2.75) is 35.5 Å². The van der Waals surface area contributed by atoms with Gasteiger partial charge < -0.3 is 4.90 Å². The number of allylic oxidation sites excluding steroid dienone is 1. The average Bonchev–Trinajstić information content (AvgIpc) is 3.26. The Bertz CT molecular complexity index is 2120. The van der Waals surface area contributed by atoms with Crippen LogP contribution in [0.15, 0.2) is 131 Å². The minimum atomic E-state index is -0.0171. The second-order valence-corrected chi connectivity index (χ2v) is 13.2. The highest BCUT2D eigenvalue weighted by molar-refractivity contribution is 7.99. The minimum Gasteiger partial charge on any atom is -0.308 e. The van der Waals surface area contributed by atoms with Gasteiger partial charge in [-0.25, -0.2) is 0 Å². The van der Waals surface area contributed by atoms with E-state index in [2.05, 4.69) is 146 Å². The van der Waals surface area contributed by atoms with Crippen molar-refractivity contribution in [2.75, 3.05) is 4.90 Å². The predicted octanol–water partition coefficient (Wildman–Crippen LogP) is 11.3. The number of benzene rings is 6. The first-order valence-corrected chi connectivity index (χ1v) is 15.6. The van der Waals surface area contributed by atoms with Gasteiger partial charge in [-0.2, -0.15) is 0 Å². The fraction of sp³-hybridized carbons (Fsp3) is 0.100. The third-order valence-corrected chi connectivity index (χ3v) is 10.7. The Morgan fingerprint density at radius 2 is 1.45 bits per heavy atom. The summed E-state index contributed by atoms with van der Waals surface area (Å²) in [6.45, 7) is 4.72. The molecule has 2 heteroatoms. The number of rotatable bonds is 2. The molecule has 2 aliphatic carbocycles. The number of hydrogen-bond donors (Lipinski definition) is 0. The third-order valence-electron chi connectivity index (χ3n) is 9.43. The largest absolute Gasteiger partial charge is 0.308 e. The summed E-state index contributed by atoms with van der Waals surface area (Å²) in [5.41, 5.74) is 14.5. The number of fused-ring (bicyclic) bond motifs is 6. The molecule has 0 saturated heterocycles. The third kappa shape index (κ3) is 3.33. The molecule has 0 spiro atoms. The molecule has 0 fully saturated rings. The van der Waals surface area contributed by atoms with E-state index in [1.807, 2.05) is 11.8 Å². The highest BCUT2D eigenvalue weighted by atomic mass is 32.2. The second kappa shape index (κ2) is 8.74. The maximum atomic E-state index is 2.48. The molecule has 0 atom stereocenters. The van der Waals surface area contributed by atoms with Gasteiger partial charge in [0.15, 0.2) is 0 Å². The van der Waals surface area contributed by atoms with Crippen LogP contribution in [0.5, 0.6) is 0 Å². The normalized spacial score (nSPS) is 15.2. The van der Waals surface area contributed by atoms with Crippen molar-refractivity contribution < 1.29 is 0 Å². The van der Waals surface area contributed by atoms with E-state index in [1.54, 1.807) is 0 Å². The molecule has 0 saturated carbocycles. The lowest BCUT2D eigenvalue weighted by Crippen LogP contribution is -2.16. The van der Waals surface area contributed by atoms with Crippen LogP contribution in [0.3, 0.4) is 0 Å². The molecule has 42 heavy (non-hydrogen) atoms. The number of para-hydroxylation sites is 1. The van der Waals surface area contributed by atoms with E-state index < -0.39 is 0 Å². The van der Waals surface area contributed by atoms with E-state index in [0.717, 1.165) is 6.42 Å². The van der Waals surface area contributed by atoms with Gasteiger partial charge in [-0.3, -0.25) is 0 Å². The molecule has 0 aromatic heterocycles. The minimum absolute atomic E-state index is 0.0171. The number of hydrogen-bond acceptors (Lipinski definition) is 2. The van der Waals surface area contributed by atoms with Crippen LogP contribution in [-0.4, -0.2) is 0 Å². The molecule has 1 heterocycles. The lowest BCUT2D eigenvalue weighted by molar-refractivity contribution is 0.660. The van der Waals surface area contributed by atoms with Crippen LogP contribution in [0, 0.1) is 0 Å². The zero-order valence-electron chi connectivity index (χ0n) is 23.7. The number of nitrogens with zero attached hydrogens (tertiary/aromatic N) is 1. The Kier molecular flexibility index (Phi) is 5.01. The topological polar surface area (TPSA) is 3.24 Å². The molecule has 1 aliphatic heterocycles. The van der Waals surface area contributed by atoms with Gasteiger partial charge >= 0.3 is 0 Å². The Hall–Kier alpha value is -4.53. The van der Waals surface area contributed by atoms with E-state index in [4.69, 9.17) is 0 Å². The van der Waals surface area contributed by atoms with Crippen LogP contribution >= 0.6 is 11.8 Å². The maximum absolute atomic E-state index is 2.48. The standard InChI is InChI=1S/C40H29NS/c1-40(2)33-17-7-6-15-30(33)31-20-18-26(22-34(31)40)27-19-21-37-35(23-27)41(29-13-4-3-5-14-29)36-24-28-12-8-10-25-11-9-16-32(38(25)28)39(36)42-37/h3-15,17-24H,16H2,1-2H3. The lowest BCUT2D eigenvalue weighted by Gasteiger charge is -2.35. The monoisotopic (exact) mass is 555 g/mol. The quantitative estimate of drug-likeness (QED) is 0.209. The summed E-state index contributed by atoms with van der Waals surface area (Å²) in [4.78, 5) is 5.16. The molecular formula is C40H29NS.